The first-order valence-electron chi connectivity index (χ1n) is 8.69. The molecule has 3 heteroatoms. The van der Waals surface area contributed by atoms with Crippen molar-refractivity contribution in [2.45, 2.75) is 59.0 Å². The highest BCUT2D eigenvalue weighted by Gasteiger charge is 2.16. The molecular formula is C18H31N3. The number of hydrogen-bond donors (Lipinski definition) is 1. The molecule has 0 spiro atoms. The minimum Gasteiger partial charge on any atom is -0.311 e. The second-order valence-electron chi connectivity index (χ2n) is 6.26. The van der Waals surface area contributed by atoms with Gasteiger partial charge in [-0.05, 0) is 56.9 Å². The Kier molecular flexibility index (Phi) is 7.17. The zero-order valence-electron chi connectivity index (χ0n) is 13.8. The quantitative estimate of drug-likeness (QED) is 0.831. The first kappa shape index (κ1) is 16.4. The van der Waals surface area contributed by atoms with E-state index in [1.165, 1.54) is 50.9 Å². The molecule has 1 atom stereocenters. The van der Waals surface area contributed by atoms with Gasteiger partial charge in [0.05, 0.1) is 11.4 Å². The van der Waals surface area contributed by atoms with E-state index in [1.54, 1.807) is 0 Å². The van der Waals surface area contributed by atoms with Crippen molar-refractivity contribution in [3.8, 4) is 0 Å². The van der Waals surface area contributed by atoms with Gasteiger partial charge in [-0.25, -0.2) is 0 Å². The second-order valence-corrected chi connectivity index (χ2v) is 6.26. The van der Waals surface area contributed by atoms with E-state index in [2.05, 4.69) is 42.3 Å². The number of nitrogens with one attached hydrogen (secondary N) is 1. The Morgan fingerprint density at radius 3 is 2.86 bits per heavy atom. The molecular weight excluding hydrogens is 258 g/mol. The number of likely N-dealkylation sites (tertiary alicyclic amines) is 1. The highest BCUT2D eigenvalue weighted by atomic mass is 15.1. The van der Waals surface area contributed by atoms with E-state index in [0.29, 0.717) is 0 Å². The predicted molar refractivity (Wildman–Crippen MR) is 89.1 cm³/mol. The molecule has 2 heterocycles. The summed E-state index contributed by atoms with van der Waals surface area (Å²) in [5.41, 5.74) is 2.38. The van der Waals surface area contributed by atoms with Gasteiger partial charge < -0.3 is 5.32 Å². The largest absolute Gasteiger partial charge is 0.311 e. The summed E-state index contributed by atoms with van der Waals surface area (Å²) in [6.07, 6.45) is 6.87. The number of nitrogens with zero attached hydrogens (tertiary/aromatic N) is 2. The third kappa shape index (κ3) is 5.76. The average Bonchev–Trinajstić information content (AvgIpc) is 2.72. The lowest BCUT2D eigenvalue weighted by Crippen LogP contribution is -2.25. The van der Waals surface area contributed by atoms with Gasteiger partial charge in [-0.15, -0.1) is 0 Å². The maximum Gasteiger partial charge on any atom is 0.0547 e. The van der Waals surface area contributed by atoms with E-state index in [-0.39, 0.29) is 0 Å². The molecule has 1 saturated heterocycles. The highest BCUT2D eigenvalue weighted by Crippen LogP contribution is 2.22. The van der Waals surface area contributed by atoms with Gasteiger partial charge in [0.1, 0.15) is 0 Å². The maximum atomic E-state index is 4.79. The Morgan fingerprint density at radius 1 is 1.19 bits per heavy atom. The summed E-state index contributed by atoms with van der Waals surface area (Å²) in [7, 11) is 0. The number of rotatable bonds is 7. The fraction of sp³-hybridized carbons (Fsp3) is 0.722. The zero-order chi connectivity index (χ0) is 14.9. The molecule has 1 aromatic heterocycles. The first-order chi connectivity index (χ1) is 10.3. The normalized spacial score (nSPS) is 20.4. The van der Waals surface area contributed by atoms with Crippen LogP contribution in [0.3, 0.4) is 0 Å². The summed E-state index contributed by atoms with van der Waals surface area (Å²) >= 11 is 0. The van der Waals surface area contributed by atoms with Gasteiger partial charge in [0.25, 0.3) is 0 Å². The predicted octanol–water partition coefficient (Wildman–Crippen LogP) is 3.59. The molecule has 118 valence electrons. The molecule has 1 unspecified atom stereocenters. The summed E-state index contributed by atoms with van der Waals surface area (Å²) in [6, 6.07) is 6.43. The summed E-state index contributed by atoms with van der Waals surface area (Å²) in [5.74, 6) is 0.952. The number of aromatic nitrogens is 1. The number of pyridine rings is 1. The van der Waals surface area contributed by atoms with Crippen LogP contribution < -0.4 is 5.32 Å². The van der Waals surface area contributed by atoms with Crippen molar-refractivity contribution in [1.82, 2.24) is 15.2 Å². The minimum atomic E-state index is 0.878. The van der Waals surface area contributed by atoms with Crippen molar-refractivity contribution in [1.29, 1.82) is 0 Å². The van der Waals surface area contributed by atoms with Gasteiger partial charge in [-0.3, -0.25) is 9.88 Å². The van der Waals surface area contributed by atoms with E-state index in [0.717, 1.165) is 31.2 Å². The Hall–Kier alpha value is -0.930. The molecule has 1 aliphatic rings. The monoisotopic (exact) mass is 289 g/mol. The van der Waals surface area contributed by atoms with Crippen LogP contribution >= 0.6 is 0 Å². The van der Waals surface area contributed by atoms with Crippen molar-refractivity contribution >= 4 is 0 Å². The van der Waals surface area contributed by atoms with Gasteiger partial charge >= 0.3 is 0 Å². The molecule has 1 fully saturated rings. The molecule has 0 amide bonds. The van der Waals surface area contributed by atoms with Crippen molar-refractivity contribution in [3.05, 3.63) is 29.6 Å². The van der Waals surface area contributed by atoms with Crippen molar-refractivity contribution in [2.24, 2.45) is 5.92 Å². The van der Waals surface area contributed by atoms with Crippen LogP contribution in [0.4, 0.5) is 0 Å². The Morgan fingerprint density at radius 2 is 2.05 bits per heavy atom. The molecule has 0 radical (unpaired) electrons. The molecule has 0 aromatic carbocycles. The molecule has 0 aliphatic carbocycles. The summed E-state index contributed by atoms with van der Waals surface area (Å²) in [6.45, 7) is 9.80. The smallest absolute Gasteiger partial charge is 0.0547 e. The Bertz CT molecular complexity index is 405. The lowest BCUT2D eigenvalue weighted by atomic mass is 9.96. The van der Waals surface area contributed by atoms with E-state index in [9.17, 15) is 0 Å². The molecule has 3 nitrogen and oxygen atoms in total. The second kappa shape index (κ2) is 9.16. The van der Waals surface area contributed by atoms with E-state index < -0.39 is 0 Å². The summed E-state index contributed by atoms with van der Waals surface area (Å²) in [5, 5.41) is 3.35. The minimum absolute atomic E-state index is 0.878. The molecule has 1 aliphatic heterocycles. The maximum absolute atomic E-state index is 4.79. The third-order valence-electron chi connectivity index (χ3n) is 4.44. The van der Waals surface area contributed by atoms with Gasteiger partial charge in [0, 0.05) is 13.1 Å². The van der Waals surface area contributed by atoms with Crippen LogP contribution in [-0.4, -0.2) is 29.5 Å². The van der Waals surface area contributed by atoms with Crippen LogP contribution in [0, 0.1) is 5.92 Å². The zero-order valence-corrected chi connectivity index (χ0v) is 13.8. The Balaban J connectivity index is 1.86. The third-order valence-corrected chi connectivity index (χ3v) is 4.44. The van der Waals surface area contributed by atoms with Gasteiger partial charge in [-0.1, -0.05) is 32.8 Å². The van der Waals surface area contributed by atoms with E-state index >= 15 is 0 Å². The van der Waals surface area contributed by atoms with Crippen LogP contribution in [0.25, 0.3) is 0 Å². The lowest BCUT2D eigenvalue weighted by Gasteiger charge is -2.20. The summed E-state index contributed by atoms with van der Waals surface area (Å²) < 4.78 is 0. The van der Waals surface area contributed by atoms with Crippen molar-refractivity contribution < 1.29 is 0 Å². The van der Waals surface area contributed by atoms with Crippen LogP contribution in [0.2, 0.25) is 0 Å². The molecule has 21 heavy (non-hydrogen) atoms. The van der Waals surface area contributed by atoms with Gasteiger partial charge in [0.2, 0.25) is 0 Å². The van der Waals surface area contributed by atoms with Crippen LogP contribution in [-0.2, 0) is 13.1 Å². The standard InChI is InChI=1S/C18H31N3/c1-3-7-16-8-6-12-21(13-11-16)15-18-10-5-9-17(20-18)14-19-4-2/h5,9-10,16,19H,3-4,6-8,11-15H2,1-2H3. The first-order valence-corrected chi connectivity index (χ1v) is 8.69. The fourth-order valence-electron chi connectivity index (χ4n) is 3.28. The van der Waals surface area contributed by atoms with Crippen LogP contribution in [0.5, 0.6) is 0 Å². The molecule has 1 N–H and O–H groups in total. The molecule has 0 bridgehead atoms. The van der Waals surface area contributed by atoms with Gasteiger partial charge in [-0.2, -0.15) is 0 Å². The Labute approximate surface area is 130 Å². The molecule has 2 rings (SSSR count). The summed E-state index contributed by atoms with van der Waals surface area (Å²) in [4.78, 5) is 7.38. The van der Waals surface area contributed by atoms with E-state index in [4.69, 9.17) is 4.98 Å². The van der Waals surface area contributed by atoms with Crippen LogP contribution in [0.1, 0.15) is 57.3 Å². The molecule has 0 saturated carbocycles. The van der Waals surface area contributed by atoms with E-state index in [1.807, 2.05) is 0 Å². The lowest BCUT2D eigenvalue weighted by molar-refractivity contribution is 0.268. The number of hydrogen-bond acceptors (Lipinski definition) is 3. The fourth-order valence-corrected chi connectivity index (χ4v) is 3.28. The topological polar surface area (TPSA) is 28.2 Å². The van der Waals surface area contributed by atoms with Crippen molar-refractivity contribution in [2.75, 3.05) is 19.6 Å². The average molecular weight is 289 g/mol. The molecule has 1 aromatic rings. The van der Waals surface area contributed by atoms with Crippen LogP contribution in [0.15, 0.2) is 18.2 Å². The highest BCUT2D eigenvalue weighted by molar-refractivity contribution is 5.11. The SMILES string of the molecule is CCCC1CCCN(Cc2cccc(CNCC)n2)CC1. The van der Waals surface area contributed by atoms with Gasteiger partial charge in [0.15, 0.2) is 0 Å². The van der Waals surface area contributed by atoms with Crippen molar-refractivity contribution in [3.63, 3.8) is 0 Å².